The second-order valence-corrected chi connectivity index (χ2v) is 7.45. The summed E-state index contributed by atoms with van der Waals surface area (Å²) in [5.74, 6) is -5.09. The number of benzene rings is 1. The number of nitro groups is 1. The first-order valence-corrected chi connectivity index (χ1v) is 10.0. The van der Waals surface area contributed by atoms with Crippen LogP contribution in [0, 0.1) is 10.1 Å². The second kappa shape index (κ2) is 15.6. The summed E-state index contributed by atoms with van der Waals surface area (Å²) in [5, 5.41) is 34.9. The first-order chi connectivity index (χ1) is 16.0. The quantitative estimate of drug-likeness (QED) is 0.116. The van der Waals surface area contributed by atoms with Gasteiger partial charge in [-0.1, -0.05) is 12.1 Å². The van der Waals surface area contributed by atoms with Gasteiger partial charge in [-0.2, -0.15) is 4.98 Å². The van der Waals surface area contributed by atoms with Crippen molar-refractivity contribution in [3.8, 4) is 0 Å². The Morgan fingerprint density at radius 2 is 1.69 bits per heavy atom. The second-order valence-electron chi connectivity index (χ2n) is 7.45. The summed E-state index contributed by atoms with van der Waals surface area (Å²) in [4.78, 5) is 62.7. The molecule has 36 heavy (non-hydrogen) atoms. The van der Waals surface area contributed by atoms with Crippen molar-refractivity contribution in [2.24, 2.45) is 0 Å². The van der Waals surface area contributed by atoms with Gasteiger partial charge in [-0.3, -0.25) is 24.7 Å². The van der Waals surface area contributed by atoms with Crippen LogP contribution >= 0.6 is 0 Å². The van der Waals surface area contributed by atoms with Crippen LogP contribution in [0.3, 0.4) is 0 Å². The predicted octanol–water partition coefficient (Wildman–Crippen LogP) is -8.69. The molecule has 0 saturated carbocycles. The first-order valence-electron chi connectivity index (χ1n) is 10.0. The third-order valence-electron chi connectivity index (χ3n) is 5.01. The van der Waals surface area contributed by atoms with Crippen LogP contribution in [0.1, 0.15) is 46.7 Å². The van der Waals surface area contributed by atoms with Crippen LogP contribution in [0.2, 0.25) is 0 Å². The molecule has 0 bridgehead atoms. The number of carboxylic acid groups (broad SMARTS) is 2. The molecule has 1 heterocycles. The van der Waals surface area contributed by atoms with Crippen molar-refractivity contribution in [3.05, 3.63) is 61.4 Å². The molecule has 0 aliphatic carbocycles. The van der Waals surface area contributed by atoms with E-state index in [9.17, 15) is 39.5 Å². The molecule has 2 aromatic rings. The van der Waals surface area contributed by atoms with Crippen molar-refractivity contribution in [3.63, 3.8) is 0 Å². The molecule has 0 saturated heterocycles. The van der Waals surface area contributed by atoms with E-state index < -0.39 is 59.7 Å². The van der Waals surface area contributed by atoms with Crippen molar-refractivity contribution in [1.29, 1.82) is 0 Å². The van der Waals surface area contributed by atoms with Crippen LogP contribution in [0.4, 0.5) is 11.8 Å². The predicted molar refractivity (Wildman–Crippen MR) is 114 cm³/mol. The topological polar surface area (TPSA) is 250 Å². The van der Waals surface area contributed by atoms with E-state index in [-0.39, 0.29) is 94.8 Å². The fourth-order valence-corrected chi connectivity index (χ4v) is 3.34. The van der Waals surface area contributed by atoms with Gasteiger partial charge in [-0.15, -0.1) is 0 Å². The Balaban J connectivity index is 0.00000612. The van der Waals surface area contributed by atoms with Crippen LogP contribution in [0.25, 0.3) is 0 Å². The van der Waals surface area contributed by atoms with E-state index in [4.69, 9.17) is 11.5 Å². The number of aryl methyl sites for hydroxylation is 1. The Kier molecular flexibility index (Phi) is 14.5. The van der Waals surface area contributed by atoms with E-state index in [0.717, 1.165) is 0 Å². The van der Waals surface area contributed by atoms with E-state index in [1.165, 1.54) is 12.1 Å². The molecule has 2 atom stereocenters. The molecule has 2 rings (SSSR count). The van der Waals surface area contributed by atoms with Gasteiger partial charge in [-0.05, 0) is 43.4 Å². The summed E-state index contributed by atoms with van der Waals surface area (Å²) in [6, 6.07) is 4.42. The molecule has 182 valence electrons. The van der Waals surface area contributed by atoms with Gasteiger partial charge in [0.15, 0.2) is 0 Å². The van der Waals surface area contributed by atoms with Gasteiger partial charge < -0.3 is 36.6 Å². The van der Waals surface area contributed by atoms with Gasteiger partial charge in [0.25, 0.3) is 11.5 Å². The third-order valence-corrected chi connectivity index (χ3v) is 5.01. The minimum Gasteiger partial charge on any atom is -0.550 e. The molecule has 0 aliphatic heterocycles. The van der Waals surface area contributed by atoms with Crippen LogP contribution in [-0.2, 0) is 16.0 Å². The van der Waals surface area contributed by atoms with Crippen molar-refractivity contribution in [1.82, 2.24) is 15.3 Å². The number of carboxylic acids is 2. The zero-order valence-electron chi connectivity index (χ0n) is 19.8. The van der Waals surface area contributed by atoms with Crippen LogP contribution in [0.15, 0.2) is 29.1 Å². The maximum absolute atomic E-state index is 12.3. The van der Waals surface area contributed by atoms with Crippen LogP contribution in [-0.4, -0.2) is 45.3 Å². The van der Waals surface area contributed by atoms with Crippen LogP contribution in [0.5, 0.6) is 0 Å². The molecule has 0 aliphatic rings. The number of aromatic nitrogens is 2. The zero-order chi connectivity index (χ0) is 25.4. The Labute approximate surface area is 249 Å². The molecule has 0 radical (unpaired) electrons. The van der Waals surface area contributed by atoms with Crippen molar-refractivity contribution in [2.75, 3.05) is 18.0 Å². The fourth-order valence-electron chi connectivity index (χ4n) is 3.34. The fraction of sp³-hybridized carbons (Fsp3) is 0.350. The number of aliphatic carboxylic acids is 2. The number of amides is 1. The molecule has 14 nitrogen and oxygen atoms in total. The number of aromatic amines is 1. The number of hydrogen-bond donors (Lipinski definition) is 4. The maximum Gasteiger partial charge on any atom is 1.00 e. The number of rotatable bonds is 12. The first kappa shape index (κ1) is 33.5. The van der Waals surface area contributed by atoms with Gasteiger partial charge in [-0.25, -0.2) is 0 Å². The van der Waals surface area contributed by atoms with Gasteiger partial charge in [0.05, 0.1) is 23.5 Å². The summed E-state index contributed by atoms with van der Waals surface area (Å²) >= 11 is 0. The number of carbonyl (C=O) groups excluding carboxylic acids is 3. The van der Waals surface area contributed by atoms with E-state index in [0.29, 0.717) is 5.56 Å². The van der Waals surface area contributed by atoms with E-state index in [2.05, 4.69) is 15.3 Å². The number of nitrogens with one attached hydrogen (secondary N) is 2. The maximum atomic E-state index is 12.3. The molecule has 1 amide bonds. The van der Waals surface area contributed by atoms with Gasteiger partial charge in [0.2, 0.25) is 12.5 Å². The molecule has 0 fully saturated rings. The molecule has 1 aromatic carbocycles. The Morgan fingerprint density at radius 1 is 1.08 bits per heavy atom. The van der Waals surface area contributed by atoms with Crippen molar-refractivity contribution < 1.29 is 88.6 Å². The number of nitrogens with zero attached hydrogens (tertiary/aromatic N) is 2. The Hall–Kier alpha value is -2.49. The smallest absolute Gasteiger partial charge is 0.550 e. The number of carbonyl (C=O) groups is 3. The van der Waals surface area contributed by atoms with Gasteiger partial charge in [0, 0.05) is 16.5 Å². The molecule has 0 spiro atoms. The number of nitrogen functional groups attached to an aromatic ring is 2. The molecule has 1 unspecified atom stereocenters. The Morgan fingerprint density at radius 3 is 2.19 bits per heavy atom. The minimum absolute atomic E-state index is 0. The zero-order valence-corrected chi connectivity index (χ0v) is 23.8. The number of H-pyrrole nitrogens is 1. The van der Waals surface area contributed by atoms with E-state index in [1.54, 1.807) is 12.1 Å². The van der Waals surface area contributed by atoms with Crippen molar-refractivity contribution in [2.45, 2.75) is 37.6 Å². The summed E-state index contributed by atoms with van der Waals surface area (Å²) in [7, 11) is 0. The summed E-state index contributed by atoms with van der Waals surface area (Å²) in [5.41, 5.74) is 11.3. The standard InChI is InChI=1S/C20H24N6O8.2Na/c21-16-15(18(30)25-20(22)24-16)12(9-26(33)34)6-3-10-1-4-11(5-2-10)17(29)23-13(19(31)32)7-8-14(27)28;;/h1-2,4-5,12-13H,3,6-9H2,(H,23,29)(H,27,28)(H,31,32)(H5,21,22,24,25,30);;/q;2*+1/p-2/t12?,13-;;/m0../s1. The summed E-state index contributed by atoms with van der Waals surface area (Å²) < 4.78 is 0. The van der Waals surface area contributed by atoms with Crippen LogP contribution < -0.4 is 91.7 Å². The normalized spacial score (nSPS) is 11.8. The summed E-state index contributed by atoms with van der Waals surface area (Å²) in [6.07, 6.45) is -0.507. The number of nitrogens with two attached hydrogens (primary N) is 2. The van der Waals surface area contributed by atoms with Crippen molar-refractivity contribution >= 4 is 29.6 Å². The monoisotopic (exact) mass is 520 g/mol. The van der Waals surface area contributed by atoms with Gasteiger partial charge in [0.1, 0.15) is 5.82 Å². The minimum atomic E-state index is -1.63. The molecule has 6 N–H and O–H groups in total. The largest absolute Gasteiger partial charge is 1.00 e. The summed E-state index contributed by atoms with van der Waals surface area (Å²) in [6.45, 7) is -0.560. The van der Waals surface area contributed by atoms with Gasteiger partial charge >= 0.3 is 59.1 Å². The van der Waals surface area contributed by atoms with E-state index >= 15 is 0 Å². The molecule has 1 aromatic heterocycles. The average molecular weight is 520 g/mol. The number of anilines is 2. The molecule has 16 heteroatoms. The molecular formula is C20H22N6Na2O8. The number of hydrogen-bond acceptors (Lipinski definition) is 11. The average Bonchev–Trinajstić information content (AvgIpc) is 2.73. The SMILES string of the molecule is Nc1nc(N)c(C(CCc2ccc(C(=O)N[C@@H](CCC(=O)[O-])C(=O)[O-])cc2)C[N+](=O)[O-])c(=O)[nH]1.[Na+].[Na+]. The third kappa shape index (κ3) is 10.2. The molecular weight excluding hydrogens is 498 g/mol. The van der Waals surface area contributed by atoms with E-state index in [1.807, 2.05) is 0 Å². The Bertz CT molecular complexity index is 1140.